The lowest BCUT2D eigenvalue weighted by Gasteiger charge is -2.45. The Morgan fingerprint density at radius 3 is 2.50 bits per heavy atom. The molecule has 0 amide bonds. The molecule has 4 rings (SSSR count). The number of fused-ring (bicyclic) bond motifs is 1. The molecule has 1 aromatic rings. The third-order valence-corrected chi connectivity index (χ3v) is 6.08. The summed E-state index contributed by atoms with van der Waals surface area (Å²) in [5.41, 5.74) is 7.43. The first-order valence-electron chi connectivity index (χ1n) is 8.29. The summed E-state index contributed by atoms with van der Waals surface area (Å²) >= 11 is 0. The van der Waals surface area contributed by atoms with Gasteiger partial charge in [-0.3, -0.25) is 4.90 Å². The van der Waals surface area contributed by atoms with Crippen molar-refractivity contribution in [2.75, 3.05) is 7.05 Å². The zero-order valence-corrected chi connectivity index (χ0v) is 13.4. The second-order valence-corrected chi connectivity index (χ2v) is 8.36. The van der Waals surface area contributed by atoms with E-state index in [4.69, 9.17) is 0 Å². The van der Waals surface area contributed by atoms with Gasteiger partial charge < -0.3 is 0 Å². The molecule has 1 heterocycles. The second kappa shape index (κ2) is 3.88. The molecule has 1 saturated carbocycles. The van der Waals surface area contributed by atoms with Crippen LogP contribution in [0.25, 0.3) is 0 Å². The Kier molecular flexibility index (Phi) is 2.50. The van der Waals surface area contributed by atoms with Gasteiger partial charge in [-0.05, 0) is 66.8 Å². The van der Waals surface area contributed by atoms with Crippen LogP contribution in [0.15, 0.2) is 12.1 Å². The molecule has 1 nitrogen and oxygen atoms in total. The highest BCUT2D eigenvalue weighted by Gasteiger charge is 2.56. The zero-order valence-electron chi connectivity index (χ0n) is 13.4. The van der Waals surface area contributed by atoms with Gasteiger partial charge in [0.1, 0.15) is 0 Å². The molecule has 1 atom stereocenters. The minimum absolute atomic E-state index is 0.270. The molecule has 0 N–H and O–H groups in total. The fourth-order valence-electron chi connectivity index (χ4n) is 4.71. The molecule has 1 aromatic carbocycles. The van der Waals surface area contributed by atoms with Gasteiger partial charge in [0, 0.05) is 18.0 Å². The van der Waals surface area contributed by atoms with E-state index in [2.05, 4.69) is 44.9 Å². The monoisotopic (exact) mass is 269 g/mol. The molecule has 108 valence electrons. The molecule has 0 radical (unpaired) electrons. The van der Waals surface area contributed by atoms with Gasteiger partial charge in [-0.25, -0.2) is 0 Å². The number of nitrogens with zero attached hydrogens (tertiary/aromatic N) is 1. The van der Waals surface area contributed by atoms with Gasteiger partial charge in [0.2, 0.25) is 0 Å². The Morgan fingerprint density at radius 1 is 1.15 bits per heavy atom. The van der Waals surface area contributed by atoms with Crippen LogP contribution in [0.4, 0.5) is 0 Å². The molecule has 0 aromatic heterocycles. The van der Waals surface area contributed by atoms with Crippen molar-refractivity contribution in [1.82, 2.24) is 4.90 Å². The van der Waals surface area contributed by atoms with E-state index in [9.17, 15) is 0 Å². The highest BCUT2D eigenvalue weighted by atomic mass is 15.2. The van der Waals surface area contributed by atoms with E-state index in [1.807, 2.05) is 0 Å². The van der Waals surface area contributed by atoms with E-state index in [1.54, 1.807) is 16.7 Å². The first-order valence-corrected chi connectivity index (χ1v) is 8.29. The Labute approximate surface area is 123 Å². The Morgan fingerprint density at radius 2 is 1.85 bits per heavy atom. The SMILES string of the molecule is CN1Cc2cc(C(C)(C)C)cc3c2C(CCC3)C12CC2. The molecular weight excluding hydrogens is 242 g/mol. The van der Waals surface area contributed by atoms with E-state index in [-0.39, 0.29) is 5.41 Å². The minimum atomic E-state index is 0.270. The number of hydrogen-bond donors (Lipinski definition) is 0. The molecule has 1 heteroatoms. The summed E-state index contributed by atoms with van der Waals surface area (Å²) in [5, 5.41) is 0. The van der Waals surface area contributed by atoms with Crippen LogP contribution < -0.4 is 0 Å². The highest BCUT2D eigenvalue weighted by molar-refractivity contribution is 5.49. The molecular formula is C19H27N. The molecule has 1 aliphatic heterocycles. The molecule has 0 saturated heterocycles. The lowest BCUT2D eigenvalue weighted by molar-refractivity contribution is 0.149. The summed E-state index contributed by atoms with van der Waals surface area (Å²) in [7, 11) is 2.36. The van der Waals surface area contributed by atoms with E-state index >= 15 is 0 Å². The summed E-state index contributed by atoms with van der Waals surface area (Å²) in [5.74, 6) is 0.828. The number of hydrogen-bond acceptors (Lipinski definition) is 1. The van der Waals surface area contributed by atoms with Crippen molar-refractivity contribution < 1.29 is 0 Å². The summed E-state index contributed by atoms with van der Waals surface area (Å²) < 4.78 is 0. The molecule has 20 heavy (non-hydrogen) atoms. The fourth-order valence-corrected chi connectivity index (χ4v) is 4.71. The Hall–Kier alpha value is -0.820. The second-order valence-electron chi connectivity index (χ2n) is 8.36. The van der Waals surface area contributed by atoms with Gasteiger partial charge in [0.15, 0.2) is 0 Å². The quantitative estimate of drug-likeness (QED) is 0.675. The van der Waals surface area contributed by atoms with Crippen LogP contribution in [0.1, 0.15) is 74.6 Å². The van der Waals surface area contributed by atoms with Gasteiger partial charge in [-0.15, -0.1) is 0 Å². The first-order chi connectivity index (χ1) is 9.42. The van der Waals surface area contributed by atoms with Crippen LogP contribution in [0.2, 0.25) is 0 Å². The molecule has 1 unspecified atom stereocenters. The van der Waals surface area contributed by atoms with Crippen LogP contribution in [0, 0.1) is 0 Å². The van der Waals surface area contributed by atoms with Crippen LogP contribution in [-0.4, -0.2) is 17.5 Å². The van der Waals surface area contributed by atoms with Crippen molar-refractivity contribution in [2.45, 2.75) is 76.3 Å². The van der Waals surface area contributed by atoms with Crippen molar-refractivity contribution in [1.29, 1.82) is 0 Å². The van der Waals surface area contributed by atoms with Crippen molar-refractivity contribution in [2.24, 2.45) is 0 Å². The number of aryl methyl sites for hydroxylation is 1. The van der Waals surface area contributed by atoms with Gasteiger partial charge in [-0.2, -0.15) is 0 Å². The van der Waals surface area contributed by atoms with Crippen LogP contribution in [-0.2, 0) is 18.4 Å². The smallest absolute Gasteiger partial charge is 0.0280 e. The zero-order chi connectivity index (χ0) is 14.1. The summed E-state index contributed by atoms with van der Waals surface area (Å²) in [6.07, 6.45) is 6.96. The Balaban J connectivity index is 1.89. The van der Waals surface area contributed by atoms with Gasteiger partial charge in [0.05, 0.1) is 0 Å². The standard InChI is InChI=1S/C19H27N/c1-18(2,3)15-10-13-6-5-7-16-17(13)14(11-15)12-20(4)19(16)8-9-19/h10-11,16H,5-9,12H2,1-4H3. The maximum Gasteiger partial charge on any atom is 0.0280 e. The van der Waals surface area contributed by atoms with Gasteiger partial charge >= 0.3 is 0 Å². The maximum atomic E-state index is 2.67. The number of likely N-dealkylation sites (N-methyl/N-ethyl adjacent to an activating group) is 1. The summed E-state index contributed by atoms with van der Waals surface area (Å²) in [6, 6.07) is 5.05. The lowest BCUT2D eigenvalue weighted by atomic mass is 9.70. The normalized spacial score (nSPS) is 27.5. The predicted molar refractivity (Wildman–Crippen MR) is 84.3 cm³/mol. The largest absolute Gasteiger partial charge is 0.296 e. The van der Waals surface area contributed by atoms with E-state index < -0.39 is 0 Å². The van der Waals surface area contributed by atoms with Crippen molar-refractivity contribution in [3.8, 4) is 0 Å². The van der Waals surface area contributed by atoms with Gasteiger partial charge in [0.25, 0.3) is 0 Å². The maximum absolute atomic E-state index is 2.67. The van der Waals surface area contributed by atoms with E-state index in [1.165, 1.54) is 44.2 Å². The highest BCUT2D eigenvalue weighted by Crippen LogP contribution is 2.59. The molecule has 1 fully saturated rings. The van der Waals surface area contributed by atoms with Crippen molar-refractivity contribution in [3.63, 3.8) is 0 Å². The lowest BCUT2D eigenvalue weighted by Crippen LogP contribution is -2.44. The fraction of sp³-hybridized carbons (Fsp3) is 0.684. The van der Waals surface area contributed by atoms with Crippen molar-refractivity contribution in [3.05, 3.63) is 34.4 Å². The average Bonchev–Trinajstić information content (AvgIpc) is 3.16. The third kappa shape index (κ3) is 1.65. The van der Waals surface area contributed by atoms with Crippen LogP contribution in [0.3, 0.4) is 0 Å². The first kappa shape index (κ1) is 12.9. The average molecular weight is 269 g/mol. The predicted octanol–water partition coefficient (Wildman–Crippen LogP) is 4.38. The summed E-state index contributed by atoms with van der Waals surface area (Å²) in [6.45, 7) is 8.20. The molecule has 3 aliphatic rings. The van der Waals surface area contributed by atoms with Crippen LogP contribution >= 0.6 is 0 Å². The number of benzene rings is 1. The molecule has 2 aliphatic carbocycles. The minimum Gasteiger partial charge on any atom is -0.296 e. The Bertz CT molecular complexity index is 560. The van der Waals surface area contributed by atoms with Gasteiger partial charge in [-0.1, -0.05) is 32.9 Å². The third-order valence-electron chi connectivity index (χ3n) is 6.08. The topological polar surface area (TPSA) is 3.24 Å². The summed E-state index contributed by atoms with van der Waals surface area (Å²) in [4.78, 5) is 2.67. The van der Waals surface area contributed by atoms with Crippen LogP contribution in [0.5, 0.6) is 0 Å². The van der Waals surface area contributed by atoms with E-state index in [0.29, 0.717) is 5.54 Å². The van der Waals surface area contributed by atoms with E-state index in [0.717, 1.165) is 5.92 Å². The van der Waals surface area contributed by atoms with Crippen molar-refractivity contribution >= 4 is 0 Å². The molecule has 1 spiro atoms. The number of rotatable bonds is 0. The molecule has 0 bridgehead atoms.